The van der Waals surface area contributed by atoms with Gasteiger partial charge in [-0.1, -0.05) is 0 Å². The van der Waals surface area contributed by atoms with E-state index < -0.39 is 0 Å². The quantitative estimate of drug-likeness (QED) is 0.688. The van der Waals surface area contributed by atoms with Crippen molar-refractivity contribution in [1.29, 1.82) is 5.26 Å². The van der Waals surface area contributed by atoms with Gasteiger partial charge in [0, 0.05) is 19.7 Å². The fourth-order valence-electron chi connectivity index (χ4n) is 1.51. The lowest BCUT2D eigenvalue weighted by Crippen LogP contribution is -2.30. The highest BCUT2D eigenvalue weighted by molar-refractivity contribution is 4.92. The Morgan fingerprint density at radius 2 is 2.14 bits per heavy atom. The lowest BCUT2D eigenvalue weighted by Gasteiger charge is -2.23. The molecule has 3 heteroatoms. The van der Waals surface area contributed by atoms with Crippen molar-refractivity contribution in [2.24, 2.45) is 5.41 Å². The first-order valence-corrected chi connectivity index (χ1v) is 5.35. The Morgan fingerprint density at radius 3 is 2.86 bits per heavy atom. The molecule has 1 fully saturated rings. The third-order valence-corrected chi connectivity index (χ3v) is 2.67. The zero-order chi connectivity index (χ0) is 10.4. The second-order valence-electron chi connectivity index (χ2n) is 4.55. The molecule has 0 unspecified atom stereocenters. The van der Waals surface area contributed by atoms with Gasteiger partial charge in [0.1, 0.15) is 0 Å². The van der Waals surface area contributed by atoms with Crippen LogP contribution in [0.25, 0.3) is 0 Å². The zero-order valence-corrected chi connectivity index (χ0v) is 9.25. The van der Waals surface area contributed by atoms with Crippen LogP contribution < -0.4 is 0 Å². The van der Waals surface area contributed by atoms with E-state index in [4.69, 9.17) is 10.00 Å². The van der Waals surface area contributed by atoms with Crippen molar-refractivity contribution in [2.45, 2.75) is 26.7 Å². The van der Waals surface area contributed by atoms with Crippen molar-refractivity contribution >= 4 is 0 Å². The zero-order valence-electron chi connectivity index (χ0n) is 9.25. The molecule has 1 saturated heterocycles. The van der Waals surface area contributed by atoms with Gasteiger partial charge in [-0.05, 0) is 33.2 Å². The molecule has 0 aromatic heterocycles. The minimum Gasteiger partial charge on any atom is -0.380 e. The van der Waals surface area contributed by atoms with E-state index in [-0.39, 0.29) is 5.41 Å². The molecule has 80 valence electrons. The van der Waals surface area contributed by atoms with E-state index in [1.807, 2.05) is 13.8 Å². The highest BCUT2D eigenvalue weighted by atomic mass is 16.5. The van der Waals surface area contributed by atoms with E-state index in [0.717, 1.165) is 45.7 Å². The van der Waals surface area contributed by atoms with Crippen LogP contribution in [0.3, 0.4) is 0 Å². The number of hydrogen-bond acceptors (Lipinski definition) is 3. The van der Waals surface area contributed by atoms with E-state index in [9.17, 15) is 0 Å². The second kappa shape index (κ2) is 5.33. The third kappa shape index (κ3) is 4.08. The molecule has 1 rings (SSSR count). The SMILES string of the molecule is CC(C)(C#N)CCN1CCCOCC1. The highest BCUT2D eigenvalue weighted by Gasteiger charge is 2.18. The summed E-state index contributed by atoms with van der Waals surface area (Å²) in [6, 6.07) is 2.34. The maximum Gasteiger partial charge on any atom is 0.0684 e. The molecule has 14 heavy (non-hydrogen) atoms. The molecule has 0 atom stereocenters. The molecule has 0 saturated carbocycles. The van der Waals surface area contributed by atoms with Gasteiger partial charge in [0.15, 0.2) is 0 Å². The fourth-order valence-corrected chi connectivity index (χ4v) is 1.51. The minimum atomic E-state index is -0.187. The number of ether oxygens (including phenoxy) is 1. The minimum absolute atomic E-state index is 0.187. The predicted octanol–water partition coefficient (Wildman–Crippen LogP) is 1.65. The average molecular weight is 196 g/mol. The summed E-state index contributed by atoms with van der Waals surface area (Å²) in [5.41, 5.74) is -0.187. The second-order valence-corrected chi connectivity index (χ2v) is 4.55. The van der Waals surface area contributed by atoms with Gasteiger partial charge >= 0.3 is 0 Å². The normalized spacial score (nSPS) is 20.1. The van der Waals surface area contributed by atoms with Crippen LogP contribution in [-0.2, 0) is 4.74 Å². The van der Waals surface area contributed by atoms with Crippen LogP contribution in [0, 0.1) is 16.7 Å². The Bertz CT molecular complexity index is 200. The van der Waals surface area contributed by atoms with E-state index in [2.05, 4.69) is 11.0 Å². The summed E-state index contributed by atoms with van der Waals surface area (Å²) < 4.78 is 5.38. The van der Waals surface area contributed by atoms with Crippen LogP contribution in [0.15, 0.2) is 0 Å². The van der Waals surface area contributed by atoms with Gasteiger partial charge in [0.25, 0.3) is 0 Å². The van der Waals surface area contributed by atoms with Crippen LogP contribution in [-0.4, -0.2) is 37.7 Å². The lowest BCUT2D eigenvalue weighted by molar-refractivity contribution is 0.139. The van der Waals surface area contributed by atoms with Crippen molar-refractivity contribution in [3.63, 3.8) is 0 Å². The Balaban J connectivity index is 2.26. The molecule has 0 spiro atoms. The monoisotopic (exact) mass is 196 g/mol. The smallest absolute Gasteiger partial charge is 0.0684 e. The van der Waals surface area contributed by atoms with E-state index in [1.54, 1.807) is 0 Å². The molecule has 3 nitrogen and oxygen atoms in total. The Labute approximate surface area is 86.6 Å². The van der Waals surface area contributed by atoms with Crippen LogP contribution in [0.1, 0.15) is 26.7 Å². The van der Waals surface area contributed by atoms with Crippen LogP contribution in [0.2, 0.25) is 0 Å². The van der Waals surface area contributed by atoms with Crippen LogP contribution in [0.4, 0.5) is 0 Å². The summed E-state index contributed by atoms with van der Waals surface area (Å²) in [6.07, 6.45) is 2.07. The standard InChI is InChI=1S/C11H20N2O/c1-11(2,10-12)4-6-13-5-3-8-14-9-7-13/h3-9H2,1-2H3. The topological polar surface area (TPSA) is 36.3 Å². The summed E-state index contributed by atoms with van der Waals surface area (Å²) in [5, 5.41) is 8.89. The van der Waals surface area contributed by atoms with Crippen LogP contribution in [0.5, 0.6) is 0 Å². The van der Waals surface area contributed by atoms with Gasteiger partial charge < -0.3 is 9.64 Å². The van der Waals surface area contributed by atoms with Crippen molar-refractivity contribution in [3.8, 4) is 6.07 Å². The molecule has 0 N–H and O–H groups in total. The van der Waals surface area contributed by atoms with Gasteiger partial charge in [-0.2, -0.15) is 5.26 Å². The summed E-state index contributed by atoms with van der Waals surface area (Å²) in [4.78, 5) is 2.39. The van der Waals surface area contributed by atoms with E-state index in [1.165, 1.54) is 0 Å². The summed E-state index contributed by atoms with van der Waals surface area (Å²) >= 11 is 0. The lowest BCUT2D eigenvalue weighted by atomic mass is 9.91. The average Bonchev–Trinajstić information content (AvgIpc) is 2.43. The molecule has 0 aromatic rings. The maximum atomic E-state index is 8.89. The molecule has 1 heterocycles. The number of rotatable bonds is 3. The van der Waals surface area contributed by atoms with Gasteiger partial charge in [-0.15, -0.1) is 0 Å². The first kappa shape index (κ1) is 11.5. The fraction of sp³-hybridized carbons (Fsp3) is 0.909. The summed E-state index contributed by atoms with van der Waals surface area (Å²) in [7, 11) is 0. The highest BCUT2D eigenvalue weighted by Crippen LogP contribution is 2.19. The summed E-state index contributed by atoms with van der Waals surface area (Å²) in [6.45, 7) is 8.88. The van der Waals surface area contributed by atoms with Crippen molar-refractivity contribution in [3.05, 3.63) is 0 Å². The first-order valence-electron chi connectivity index (χ1n) is 5.35. The number of nitrogens with zero attached hydrogens (tertiary/aromatic N) is 2. The molecule has 0 radical (unpaired) electrons. The summed E-state index contributed by atoms with van der Waals surface area (Å²) in [5.74, 6) is 0. The third-order valence-electron chi connectivity index (χ3n) is 2.67. The Morgan fingerprint density at radius 1 is 1.36 bits per heavy atom. The maximum absolute atomic E-state index is 8.89. The van der Waals surface area contributed by atoms with Crippen molar-refractivity contribution in [2.75, 3.05) is 32.8 Å². The molecular formula is C11H20N2O. The number of nitriles is 1. The molecule has 0 aromatic carbocycles. The van der Waals surface area contributed by atoms with E-state index in [0.29, 0.717) is 0 Å². The Kier molecular flexibility index (Phi) is 4.37. The van der Waals surface area contributed by atoms with Crippen molar-refractivity contribution in [1.82, 2.24) is 4.90 Å². The Hall–Kier alpha value is -0.590. The predicted molar refractivity (Wildman–Crippen MR) is 55.9 cm³/mol. The molecular weight excluding hydrogens is 176 g/mol. The molecule has 0 amide bonds. The van der Waals surface area contributed by atoms with Gasteiger partial charge in [-0.25, -0.2) is 0 Å². The number of hydrogen-bond donors (Lipinski definition) is 0. The van der Waals surface area contributed by atoms with Crippen molar-refractivity contribution < 1.29 is 4.74 Å². The first-order chi connectivity index (χ1) is 6.64. The van der Waals surface area contributed by atoms with Gasteiger partial charge in [0.2, 0.25) is 0 Å². The molecule has 1 aliphatic heterocycles. The van der Waals surface area contributed by atoms with Gasteiger partial charge in [-0.3, -0.25) is 0 Å². The van der Waals surface area contributed by atoms with Gasteiger partial charge in [0.05, 0.1) is 18.1 Å². The molecule has 1 aliphatic rings. The van der Waals surface area contributed by atoms with Crippen LogP contribution >= 0.6 is 0 Å². The molecule has 0 aliphatic carbocycles. The largest absolute Gasteiger partial charge is 0.380 e. The molecule has 0 bridgehead atoms. The van der Waals surface area contributed by atoms with E-state index >= 15 is 0 Å².